The Bertz CT molecular complexity index is 711. The van der Waals surface area contributed by atoms with Gasteiger partial charge in [0.05, 0.1) is 0 Å². The van der Waals surface area contributed by atoms with Crippen LogP contribution in [0.25, 0.3) is 11.0 Å². The highest BCUT2D eigenvalue weighted by atomic mass is 15.3. The molecule has 3 aromatic rings. The van der Waals surface area contributed by atoms with Crippen LogP contribution in [0.5, 0.6) is 0 Å². The SMILES string of the molecule is Cc1nc(C)n(CCCNc2ccc3cc[nH]c3n2)n1. The summed E-state index contributed by atoms with van der Waals surface area (Å²) in [5.41, 5.74) is 0.915. The highest BCUT2D eigenvalue weighted by Crippen LogP contribution is 2.13. The lowest BCUT2D eigenvalue weighted by atomic mass is 10.3. The van der Waals surface area contributed by atoms with E-state index < -0.39 is 0 Å². The fraction of sp³-hybridized carbons (Fsp3) is 0.357. The van der Waals surface area contributed by atoms with Gasteiger partial charge in [0.25, 0.3) is 0 Å². The largest absolute Gasteiger partial charge is 0.370 e. The number of rotatable bonds is 5. The summed E-state index contributed by atoms with van der Waals surface area (Å²) in [5, 5.41) is 8.81. The normalized spacial score (nSPS) is 11.1. The molecule has 0 amide bonds. The van der Waals surface area contributed by atoms with Crippen LogP contribution in [0.3, 0.4) is 0 Å². The van der Waals surface area contributed by atoms with E-state index in [1.165, 1.54) is 0 Å². The summed E-state index contributed by atoms with van der Waals surface area (Å²) in [6.45, 7) is 5.62. The minimum Gasteiger partial charge on any atom is -0.370 e. The Balaban J connectivity index is 1.53. The first kappa shape index (κ1) is 12.7. The summed E-state index contributed by atoms with van der Waals surface area (Å²) in [7, 11) is 0. The van der Waals surface area contributed by atoms with Crippen LogP contribution < -0.4 is 5.32 Å². The highest BCUT2D eigenvalue weighted by molar-refractivity contribution is 5.77. The monoisotopic (exact) mass is 270 g/mol. The maximum absolute atomic E-state index is 4.50. The van der Waals surface area contributed by atoms with Crippen LogP contribution >= 0.6 is 0 Å². The molecule has 0 fully saturated rings. The molecule has 0 bridgehead atoms. The number of nitrogens with one attached hydrogen (secondary N) is 2. The van der Waals surface area contributed by atoms with E-state index in [1.54, 1.807) is 0 Å². The molecular formula is C14H18N6. The van der Waals surface area contributed by atoms with Crippen molar-refractivity contribution in [1.82, 2.24) is 24.7 Å². The first-order valence-corrected chi connectivity index (χ1v) is 6.78. The van der Waals surface area contributed by atoms with Crippen LogP contribution in [0.15, 0.2) is 24.4 Å². The molecule has 3 rings (SSSR count). The van der Waals surface area contributed by atoms with Crippen LogP contribution in [0.2, 0.25) is 0 Å². The molecule has 104 valence electrons. The Labute approximate surface area is 117 Å². The smallest absolute Gasteiger partial charge is 0.147 e. The van der Waals surface area contributed by atoms with Gasteiger partial charge in [-0.3, -0.25) is 4.68 Å². The molecular weight excluding hydrogens is 252 g/mol. The first-order valence-electron chi connectivity index (χ1n) is 6.78. The van der Waals surface area contributed by atoms with E-state index in [2.05, 4.69) is 31.4 Å². The zero-order chi connectivity index (χ0) is 13.9. The van der Waals surface area contributed by atoms with E-state index >= 15 is 0 Å². The number of pyridine rings is 1. The van der Waals surface area contributed by atoms with Crippen molar-refractivity contribution in [3.8, 4) is 0 Å². The summed E-state index contributed by atoms with van der Waals surface area (Å²) >= 11 is 0. The highest BCUT2D eigenvalue weighted by Gasteiger charge is 2.02. The number of fused-ring (bicyclic) bond motifs is 1. The van der Waals surface area contributed by atoms with Crippen molar-refractivity contribution in [2.24, 2.45) is 0 Å². The van der Waals surface area contributed by atoms with Gasteiger partial charge in [-0.1, -0.05) is 0 Å². The Kier molecular flexibility index (Phi) is 3.37. The molecule has 0 aliphatic carbocycles. The molecule has 0 aromatic carbocycles. The molecule has 3 aromatic heterocycles. The van der Waals surface area contributed by atoms with Gasteiger partial charge in [0.2, 0.25) is 0 Å². The van der Waals surface area contributed by atoms with Crippen molar-refractivity contribution in [2.45, 2.75) is 26.8 Å². The Morgan fingerprint density at radius 2 is 2.10 bits per heavy atom. The zero-order valence-corrected chi connectivity index (χ0v) is 11.7. The van der Waals surface area contributed by atoms with Crippen molar-refractivity contribution in [3.63, 3.8) is 0 Å². The van der Waals surface area contributed by atoms with E-state index in [0.29, 0.717) is 0 Å². The van der Waals surface area contributed by atoms with E-state index in [4.69, 9.17) is 0 Å². The van der Waals surface area contributed by atoms with Crippen molar-refractivity contribution < 1.29 is 0 Å². The summed E-state index contributed by atoms with van der Waals surface area (Å²) in [4.78, 5) is 11.9. The molecule has 6 heteroatoms. The number of aromatic nitrogens is 5. The average molecular weight is 270 g/mol. The van der Waals surface area contributed by atoms with Crippen LogP contribution in [0.4, 0.5) is 5.82 Å². The Hall–Kier alpha value is -2.37. The third-order valence-electron chi connectivity index (χ3n) is 3.22. The number of aryl methyl sites for hydroxylation is 3. The Morgan fingerprint density at radius 1 is 1.20 bits per heavy atom. The zero-order valence-electron chi connectivity index (χ0n) is 11.7. The average Bonchev–Trinajstić information content (AvgIpc) is 3.00. The standard InChI is InChI=1S/C14H18N6/c1-10-17-11(2)20(19-10)9-3-7-15-13-5-4-12-6-8-16-14(12)18-13/h4-6,8H,3,7,9H2,1-2H3,(H2,15,16,18). The predicted molar refractivity (Wildman–Crippen MR) is 78.7 cm³/mol. The number of aromatic amines is 1. The molecule has 0 radical (unpaired) electrons. The second-order valence-corrected chi connectivity index (χ2v) is 4.82. The number of hydrogen-bond acceptors (Lipinski definition) is 4. The van der Waals surface area contributed by atoms with E-state index in [-0.39, 0.29) is 0 Å². The lowest BCUT2D eigenvalue weighted by Crippen LogP contribution is -2.09. The van der Waals surface area contributed by atoms with Crippen molar-refractivity contribution in [1.29, 1.82) is 0 Å². The fourth-order valence-corrected chi connectivity index (χ4v) is 2.25. The molecule has 0 spiro atoms. The third kappa shape index (κ3) is 2.64. The second-order valence-electron chi connectivity index (χ2n) is 4.82. The summed E-state index contributed by atoms with van der Waals surface area (Å²) in [5.74, 6) is 2.69. The fourth-order valence-electron chi connectivity index (χ4n) is 2.25. The minimum absolute atomic E-state index is 0.828. The van der Waals surface area contributed by atoms with Gasteiger partial charge in [-0.25, -0.2) is 9.97 Å². The number of nitrogens with zero attached hydrogens (tertiary/aromatic N) is 4. The Morgan fingerprint density at radius 3 is 2.90 bits per heavy atom. The van der Waals surface area contributed by atoms with Gasteiger partial charge >= 0.3 is 0 Å². The van der Waals surface area contributed by atoms with Crippen molar-refractivity contribution in [2.75, 3.05) is 11.9 Å². The van der Waals surface area contributed by atoms with Gasteiger partial charge in [0.15, 0.2) is 0 Å². The molecule has 0 saturated heterocycles. The molecule has 0 unspecified atom stereocenters. The predicted octanol–water partition coefficient (Wildman–Crippen LogP) is 2.27. The van der Waals surface area contributed by atoms with Gasteiger partial charge < -0.3 is 10.3 Å². The summed E-state index contributed by atoms with van der Waals surface area (Å²) in [6.07, 6.45) is 2.88. The van der Waals surface area contributed by atoms with Crippen LogP contribution in [-0.4, -0.2) is 31.3 Å². The summed E-state index contributed by atoms with van der Waals surface area (Å²) < 4.78 is 1.94. The molecule has 0 aliphatic heterocycles. The molecule has 3 heterocycles. The summed E-state index contributed by atoms with van der Waals surface area (Å²) in [6, 6.07) is 6.08. The lowest BCUT2D eigenvalue weighted by molar-refractivity contribution is 0.571. The third-order valence-corrected chi connectivity index (χ3v) is 3.22. The van der Waals surface area contributed by atoms with E-state index in [1.807, 2.05) is 36.9 Å². The van der Waals surface area contributed by atoms with Gasteiger partial charge in [-0.15, -0.1) is 0 Å². The molecule has 2 N–H and O–H groups in total. The van der Waals surface area contributed by atoms with Gasteiger partial charge in [-0.2, -0.15) is 5.10 Å². The maximum atomic E-state index is 4.50. The van der Waals surface area contributed by atoms with Crippen molar-refractivity contribution in [3.05, 3.63) is 36.0 Å². The van der Waals surface area contributed by atoms with Gasteiger partial charge in [0.1, 0.15) is 23.1 Å². The maximum Gasteiger partial charge on any atom is 0.147 e. The minimum atomic E-state index is 0.828. The molecule has 20 heavy (non-hydrogen) atoms. The molecule has 0 aliphatic rings. The number of hydrogen-bond donors (Lipinski definition) is 2. The molecule has 6 nitrogen and oxygen atoms in total. The topological polar surface area (TPSA) is 71.4 Å². The van der Waals surface area contributed by atoms with Crippen LogP contribution in [0, 0.1) is 13.8 Å². The first-order chi connectivity index (χ1) is 9.72. The van der Waals surface area contributed by atoms with Crippen LogP contribution in [0.1, 0.15) is 18.1 Å². The van der Waals surface area contributed by atoms with E-state index in [0.717, 1.165) is 48.0 Å². The van der Waals surface area contributed by atoms with E-state index in [9.17, 15) is 0 Å². The van der Waals surface area contributed by atoms with Crippen LogP contribution in [-0.2, 0) is 6.54 Å². The molecule has 0 atom stereocenters. The van der Waals surface area contributed by atoms with Gasteiger partial charge in [0, 0.05) is 24.7 Å². The van der Waals surface area contributed by atoms with Crippen molar-refractivity contribution >= 4 is 16.9 Å². The molecule has 0 saturated carbocycles. The number of H-pyrrole nitrogens is 1. The van der Waals surface area contributed by atoms with Gasteiger partial charge in [-0.05, 0) is 38.5 Å². The quantitative estimate of drug-likeness (QED) is 0.698. The lowest BCUT2D eigenvalue weighted by Gasteiger charge is -2.06. The second kappa shape index (κ2) is 5.32. The number of anilines is 1.